The molecule has 0 amide bonds. The van der Waals surface area contributed by atoms with E-state index in [0.29, 0.717) is 11.6 Å². The second kappa shape index (κ2) is 6.64. The molecular formula is C16H18F3N5. The Bertz CT molecular complexity index is 745. The van der Waals surface area contributed by atoms with Crippen LogP contribution >= 0.6 is 0 Å². The first-order valence-electron chi connectivity index (χ1n) is 7.64. The largest absolute Gasteiger partial charge is 0.354 e. The molecule has 5 nitrogen and oxygen atoms in total. The lowest BCUT2D eigenvalue weighted by Gasteiger charge is -2.33. The topological polar surface area (TPSA) is 44.3 Å². The molecule has 0 spiro atoms. The van der Waals surface area contributed by atoms with Crippen molar-refractivity contribution >= 4 is 17.3 Å². The zero-order valence-corrected chi connectivity index (χ0v) is 13.5. The predicted octanol–water partition coefficient (Wildman–Crippen LogP) is 2.70. The quantitative estimate of drug-likeness (QED) is 0.873. The number of anilines is 3. The van der Waals surface area contributed by atoms with Gasteiger partial charge in [0, 0.05) is 32.2 Å². The number of aromatic nitrogens is 2. The van der Waals surface area contributed by atoms with E-state index in [1.807, 2.05) is 0 Å². The zero-order chi connectivity index (χ0) is 17.3. The third-order valence-corrected chi connectivity index (χ3v) is 3.95. The second-order valence-corrected chi connectivity index (χ2v) is 5.80. The van der Waals surface area contributed by atoms with E-state index in [9.17, 15) is 13.2 Å². The van der Waals surface area contributed by atoms with Crippen molar-refractivity contribution in [3.8, 4) is 0 Å². The average Bonchev–Trinajstić information content (AvgIpc) is 2.55. The van der Waals surface area contributed by atoms with Crippen LogP contribution in [0, 0.1) is 24.4 Å². The van der Waals surface area contributed by atoms with Crippen LogP contribution in [0.4, 0.5) is 30.5 Å². The Balaban J connectivity index is 1.85. The average molecular weight is 337 g/mol. The molecule has 128 valence electrons. The van der Waals surface area contributed by atoms with E-state index in [0.717, 1.165) is 44.1 Å². The number of benzene rings is 1. The molecular weight excluding hydrogens is 319 g/mol. The summed E-state index contributed by atoms with van der Waals surface area (Å²) in [7, 11) is 2.06. The molecule has 1 aliphatic rings. The van der Waals surface area contributed by atoms with Gasteiger partial charge < -0.3 is 15.1 Å². The van der Waals surface area contributed by atoms with Crippen LogP contribution in [0.25, 0.3) is 0 Å². The summed E-state index contributed by atoms with van der Waals surface area (Å²) in [5.41, 5.74) is -0.170. The first kappa shape index (κ1) is 16.5. The molecule has 8 heteroatoms. The molecule has 1 N–H and O–H groups in total. The maximum atomic E-state index is 13.8. The lowest BCUT2D eigenvalue weighted by Crippen LogP contribution is -2.44. The number of rotatable bonds is 3. The van der Waals surface area contributed by atoms with Crippen molar-refractivity contribution in [1.82, 2.24) is 14.9 Å². The second-order valence-electron chi connectivity index (χ2n) is 5.80. The van der Waals surface area contributed by atoms with Crippen LogP contribution in [-0.2, 0) is 0 Å². The van der Waals surface area contributed by atoms with Crippen molar-refractivity contribution in [2.24, 2.45) is 0 Å². The molecule has 24 heavy (non-hydrogen) atoms. The van der Waals surface area contributed by atoms with Gasteiger partial charge >= 0.3 is 0 Å². The third-order valence-electron chi connectivity index (χ3n) is 3.95. The highest BCUT2D eigenvalue weighted by Gasteiger charge is 2.18. The van der Waals surface area contributed by atoms with Gasteiger partial charge in [-0.05, 0) is 26.1 Å². The molecule has 1 aliphatic heterocycles. The SMILES string of the molecule is Cc1nc(Nc2ccc(F)c(F)c2F)cc(N2CCN(C)CC2)n1. The standard InChI is InChI=1S/C16H18F3N5/c1-10-20-13(22-12-4-3-11(17)15(18)16(12)19)9-14(21-10)24-7-5-23(2)6-8-24/h3-4,9H,5-8H2,1-2H3,(H,20,21,22). The van der Waals surface area contributed by atoms with E-state index in [-0.39, 0.29) is 5.69 Å². The van der Waals surface area contributed by atoms with Crippen LogP contribution < -0.4 is 10.2 Å². The molecule has 0 unspecified atom stereocenters. The highest BCUT2D eigenvalue weighted by molar-refractivity contribution is 5.60. The van der Waals surface area contributed by atoms with E-state index < -0.39 is 17.5 Å². The number of nitrogens with zero attached hydrogens (tertiary/aromatic N) is 4. The first-order valence-corrected chi connectivity index (χ1v) is 7.64. The molecule has 0 aliphatic carbocycles. The minimum absolute atomic E-state index is 0.170. The van der Waals surface area contributed by atoms with Crippen LogP contribution in [0.2, 0.25) is 0 Å². The summed E-state index contributed by atoms with van der Waals surface area (Å²) in [6, 6.07) is 3.69. The molecule has 0 saturated carbocycles. The summed E-state index contributed by atoms with van der Waals surface area (Å²) >= 11 is 0. The Kier molecular flexibility index (Phi) is 4.57. The molecule has 1 aromatic carbocycles. The number of hydrogen-bond donors (Lipinski definition) is 1. The van der Waals surface area contributed by atoms with Crippen molar-refractivity contribution in [1.29, 1.82) is 0 Å². The van der Waals surface area contributed by atoms with Crippen LogP contribution in [0.1, 0.15) is 5.82 Å². The Labute approximate surface area is 138 Å². The van der Waals surface area contributed by atoms with Crippen molar-refractivity contribution in [2.75, 3.05) is 43.4 Å². The number of hydrogen-bond acceptors (Lipinski definition) is 5. The van der Waals surface area contributed by atoms with Gasteiger partial charge in [0.05, 0.1) is 5.69 Å². The number of nitrogens with one attached hydrogen (secondary N) is 1. The van der Waals surface area contributed by atoms with Gasteiger partial charge in [0.25, 0.3) is 0 Å². The maximum Gasteiger partial charge on any atom is 0.196 e. The van der Waals surface area contributed by atoms with Crippen LogP contribution in [0.15, 0.2) is 18.2 Å². The number of piperazine rings is 1. The number of halogens is 3. The van der Waals surface area contributed by atoms with Gasteiger partial charge in [-0.25, -0.2) is 23.1 Å². The summed E-state index contributed by atoms with van der Waals surface area (Å²) in [6.07, 6.45) is 0. The number of aryl methyl sites for hydroxylation is 1. The molecule has 2 heterocycles. The van der Waals surface area contributed by atoms with Crippen LogP contribution in [0.3, 0.4) is 0 Å². The van der Waals surface area contributed by atoms with Crippen molar-refractivity contribution in [3.05, 3.63) is 41.5 Å². The fourth-order valence-corrected chi connectivity index (χ4v) is 2.57. The Morgan fingerprint density at radius 3 is 2.42 bits per heavy atom. The van der Waals surface area contributed by atoms with Crippen molar-refractivity contribution in [2.45, 2.75) is 6.92 Å². The summed E-state index contributed by atoms with van der Waals surface area (Å²) in [5.74, 6) is -2.44. The fourth-order valence-electron chi connectivity index (χ4n) is 2.57. The van der Waals surface area contributed by atoms with Crippen LogP contribution in [-0.4, -0.2) is 48.1 Å². The summed E-state index contributed by atoms with van der Waals surface area (Å²) in [6.45, 7) is 5.22. The third kappa shape index (κ3) is 3.43. The van der Waals surface area contributed by atoms with Gasteiger partial charge in [0.1, 0.15) is 17.5 Å². The van der Waals surface area contributed by atoms with Gasteiger partial charge in [-0.2, -0.15) is 0 Å². The van der Waals surface area contributed by atoms with E-state index in [2.05, 4.69) is 32.1 Å². The monoisotopic (exact) mass is 337 g/mol. The molecule has 0 radical (unpaired) electrons. The van der Waals surface area contributed by atoms with Gasteiger partial charge in [0.2, 0.25) is 0 Å². The molecule has 0 bridgehead atoms. The van der Waals surface area contributed by atoms with E-state index in [1.165, 1.54) is 0 Å². The highest BCUT2D eigenvalue weighted by atomic mass is 19.2. The lowest BCUT2D eigenvalue weighted by molar-refractivity contribution is 0.312. The van der Waals surface area contributed by atoms with Gasteiger partial charge in [-0.15, -0.1) is 0 Å². The zero-order valence-electron chi connectivity index (χ0n) is 13.5. The Morgan fingerprint density at radius 2 is 1.71 bits per heavy atom. The normalized spacial score (nSPS) is 15.6. The van der Waals surface area contributed by atoms with E-state index >= 15 is 0 Å². The van der Waals surface area contributed by atoms with Gasteiger partial charge in [-0.3, -0.25) is 0 Å². The first-order chi connectivity index (χ1) is 11.4. The highest BCUT2D eigenvalue weighted by Crippen LogP contribution is 2.25. The molecule has 1 saturated heterocycles. The summed E-state index contributed by atoms with van der Waals surface area (Å²) in [5, 5.41) is 2.70. The van der Waals surface area contributed by atoms with Gasteiger partial charge in [0.15, 0.2) is 17.5 Å². The maximum absolute atomic E-state index is 13.8. The number of likely N-dealkylation sites (N-methyl/N-ethyl adjacent to an activating group) is 1. The molecule has 0 atom stereocenters. The summed E-state index contributed by atoms with van der Waals surface area (Å²) < 4.78 is 40.2. The molecule has 2 aromatic rings. The molecule has 1 fully saturated rings. The van der Waals surface area contributed by atoms with E-state index in [4.69, 9.17) is 0 Å². The van der Waals surface area contributed by atoms with Crippen LogP contribution in [0.5, 0.6) is 0 Å². The Hall–Kier alpha value is -2.35. The molecule has 1 aromatic heterocycles. The summed E-state index contributed by atoms with van der Waals surface area (Å²) in [4.78, 5) is 12.9. The fraction of sp³-hybridized carbons (Fsp3) is 0.375. The predicted molar refractivity (Wildman–Crippen MR) is 86.1 cm³/mol. The van der Waals surface area contributed by atoms with E-state index in [1.54, 1.807) is 13.0 Å². The van der Waals surface area contributed by atoms with Crippen molar-refractivity contribution < 1.29 is 13.2 Å². The minimum atomic E-state index is -1.51. The Morgan fingerprint density at radius 1 is 1.00 bits per heavy atom. The lowest BCUT2D eigenvalue weighted by atomic mass is 10.2. The molecule has 3 rings (SSSR count). The smallest absolute Gasteiger partial charge is 0.196 e. The van der Waals surface area contributed by atoms with Gasteiger partial charge in [-0.1, -0.05) is 0 Å². The van der Waals surface area contributed by atoms with Crippen molar-refractivity contribution in [3.63, 3.8) is 0 Å². The minimum Gasteiger partial charge on any atom is -0.354 e.